The number of halogens is 1. The molecule has 35 heavy (non-hydrogen) atoms. The lowest BCUT2D eigenvalue weighted by Gasteiger charge is -2.31. The van der Waals surface area contributed by atoms with Crippen molar-refractivity contribution >= 4 is 22.7 Å². The minimum atomic E-state index is -0.842. The molecule has 0 aliphatic heterocycles. The number of nitriles is 1. The standard InChI is InChI=1S/C27H32FN5O2/c1-18(19-12-7-5-8-13-19)30-26(35)24(27(2,3)4)31-25(34)22-20-14-11-15-21(28)23(20)33(32-22)17-10-6-9-16-29/h5,7-8,11-15,18,24H,6,9-10,17H2,1-4H3,(H,30,35)(H,31,34). The minimum Gasteiger partial charge on any atom is -0.348 e. The van der Waals surface area contributed by atoms with Crippen LogP contribution in [-0.2, 0) is 11.3 Å². The fourth-order valence-corrected chi connectivity index (χ4v) is 3.99. The number of hydrogen-bond acceptors (Lipinski definition) is 4. The van der Waals surface area contributed by atoms with Crippen molar-refractivity contribution in [1.82, 2.24) is 20.4 Å². The summed E-state index contributed by atoms with van der Waals surface area (Å²) in [5, 5.41) is 19.4. The Balaban J connectivity index is 1.85. The Morgan fingerprint density at radius 3 is 2.46 bits per heavy atom. The van der Waals surface area contributed by atoms with Gasteiger partial charge in [0, 0.05) is 18.4 Å². The van der Waals surface area contributed by atoms with Crippen molar-refractivity contribution in [2.24, 2.45) is 5.41 Å². The number of nitrogens with one attached hydrogen (secondary N) is 2. The first-order valence-corrected chi connectivity index (χ1v) is 11.8. The van der Waals surface area contributed by atoms with Crippen LogP contribution in [0.4, 0.5) is 4.39 Å². The summed E-state index contributed by atoms with van der Waals surface area (Å²) in [5.41, 5.74) is 0.676. The van der Waals surface area contributed by atoms with E-state index in [9.17, 15) is 14.0 Å². The lowest BCUT2D eigenvalue weighted by atomic mass is 9.85. The number of aromatic nitrogens is 2. The van der Waals surface area contributed by atoms with Gasteiger partial charge in [0.2, 0.25) is 5.91 Å². The summed E-state index contributed by atoms with van der Waals surface area (Å²) in [6.45, 7) is 7.88. The lowest BCUT2D eigenvalue weighted by Crippen LogP contribution is -2.54. The molecule has 7 nitrogen and oxygen atoms in total. The monoisotopic (exact) mass is 477 g/mol. The number of para-hydroxylation sites is 1. The molecule has 184 valence electrons. The molecule has 0 aliphatic carbocycles. The highest BCUT2D eigenvalue weighted by Gasteiger charge is 2.35. The SMILES string of the molecule is CC(NC(=O)C(NC(=O)c1nn(CCCCC#N)c2c(F)cccc12)C(C)(C)C)c1ccccc1. The molecule has 1 heterocycles. The molecule has 2 N–H and O–H groups in total. The minimum absolute atomic E-state index is 0.0675. The van der Waals surface area contributed by atoms with Gasteiger partial charge in [-0.2, -0.15) is 10.4 Å². The molecule has 0 aliphatic rings. The van der Waals surface area contributed by atoms with Gasteiger partial charge >= 0.3 is 0 Å². The van der Waals surface area contributed by atoms with E-state index in [1.165, 1.54) is 16.8 Å². The molecule has 3 aromatic rings. The van der Waals surface area contributed by atoms with E-state index in [1.807, 2.05) is 58.0 Å². The van der Waals surface area contributed by atoms with Crippen molar-refractivity contribution in [3.8, 4) is 6.07 Å². The third-order valence-corrected chi connectivity index (χ3v) is 5.91. The van der Waals surface area contributed by atoms with Crippen molar-refractivity contribution in [3.05, 3.63) is 65.6 Å². The maximum Gasteiger partial charge on any atom is 0.273 e. The third kappa shape index (κ3) is 6.24. The topological polar surface area (TPSA) is 99.8 Å². The molecule has 0 saturated carbocycles. The average molecular weight is 478 g/mol. The molecule has 1 aromatic heterocycles. The van der Waals surface area contributed by atoms with Crippen LogP contribution in [0.1, 0.15) is 69.1 Å². The summed E-state index contributed by atoms with van der Waals surface area (Å²) in [7, 11) is 0. The summed E-state index contributed by atoms with van der Waals surface area (Å²) in [6.07, 6.45) is 1.68. The number of fused-ring (bicyclic) bond motifs is 1. The zero-order valence-corrected chi connectivity index (χ0v) is 20.6. The first-order valence-electron chi connectivity index (χ1n) is 11.8. The van der Waals surface area contributed by atoms with Gasteiger partial charge in [-0.15, -0.1) is 0 Å². The molecule has 3 rings (SSSR count). The van der Waals surface area contributed by atoms with E-state index < -0.39 is 23.2 Å². The van der Waals surface area contributed by atoms with Crippen LogP contribution in [0.15, 0.2) is 48.5 Å². The zero-order chi connectivity index (χ0) is 25.6. The number of aryl methyl sites for hydroxylation is 1. The predicted octanol–water partition coefficient (Wildman–Crippen LogP) is 4.89. The number of benzene rings is 2. The van der Waals surface area contributed by atoms with E-state index in [2.05, 4.69) is 21.8 Å². The Kier molecular flexibility index (Phi) is 8.23. The molecule has 0 fully saturated rings. The number of hydrogen-bond donors (Lipinski definition) is 2. The van der Waals surface area contributed by atoms with Crippen LogP contribution in [0.5, 0.6) is 0 Å². The molecule has 0 spiro atoms. The highest BCUT2D eigenvalue weighted by molar-refractivity contribution is 6.06. The normalized spacial score (nSPS) is 13.1. The highest BCUT2D eigenvalue weighted by atomic mass is 19.1. The summed E-state index contributed by atoms with van der Waals surface area (Å²) in [4.78, 5) is 26.6. The quantitative estimate of drug-likeness (QED) is 0.429. The molecule has 0 radical (unpaired) electrons. The maximum absolute atomic E-state index is 14.7. The van der Waals surface area contributed by atoms with E-state index in [-0.39, 0.29) is 23.2 Å². The Bertz CT molecular complexity index is 1220. The van der Waals surface area contributed by atoms with Gasteiger partial charge < -0.3 is 10.6 Å². The molecule has 2 unspecified atom stereocenters. The van der Waals surface area contributed by atoms with Crippen LogP contribution in [0.3, 0.4) is 0 Å². The van der Waals surface area contributed by atoms with Gasteiger partial charge in [-0.3, -0.25) is 14.3 Å². The molecular formula is C27H32FN5O2. The van der Waals surface area contributed by atoms with Gasteiger partial charge in [-0.1, -0.05) is 63.2 Å². The van der Waals surface area contributed by atoms with Gasteiger partial charge in [0.25, 0.3) is 5.91 Å². The van der Waals surface area contributed by atoms with Crippen molar-refractivity contribution in [2.75, 3.05) is 0 Å². The third-order valence-electron chi connectivity index (χ3n) is 5.91. The number of nitrogens with zero attached hydrogens (tertiary/aromatic N) is 3. The maximum atomic E-state index is 14.7. The van der Waals surface area contributed by atoms with Crippen LogP contribution in [0.2, 0.25) is 0 Å². The van der Waals surface area contributed by atoms with Crippen LogP contribution in [0, 0.1) is 22.6 Å². The van der Waals surface area contributed by atoms with Crippen molar-refractivity contribution in [3.63, 3.8) is 0 Å². The molecule has 0 bridgehead atoms. The summed E-state index contributed by atoms with van der Waals surface area (Å²) < 4.78 is 16.1. The van der Waals surface area contributed by atoms with Crippen molar-refractivity contribution in [2.45, 2.75) is 65.6 Å². The summed E-state index contributed by atoms with van der Waals surface area (Å²) in [5.74, 6) is -1.33. The van der Waals surface area contributed by atoms with Crippen LogP contribution in [0.25, 0.3) is 10.9 Å². The number of carbonyl (C=O) groups excluding carboxylic acids is 2. The molecular weight excluding hydrogens is 445 g/mol. The van der Waals surface area contributed by atoms with Gasteiger partial charge in [-0.25, -0.2) is 4.39 Å². The second kappa shape index (κ2) is 11.1. The first-order chi connectivity index (χ1) is 16.6. The number of rotatable bonds is 9. The molecule has 0 saturated heterocycles. The average Bonchev–Trinajstić information content (AvgIpc) is 3.20. The van der Waals surface area contributed by atoms with E-state index in [4.69, 9.17) is 5.26 Å². The van der Waals surface area contributed by atoms with Crippen molar-refractivity contribution in [1.29, 1.82) is 5.26 Å². The molecule has 8 heteroatoms. The summed E-state index contributed by atoms with van der Waals surface area (Å²) >= 11 is 0. The first kappa shape index (κ1) is 25.9. The Labute approximate surface area is 205 Å². The smallest absolute Gasteiger partial charge is 0.273 e. The number of carbonyl (C=O) groups is 2. The number of unbranched alkanes of at least 4 members (excludes halogenated alkanes) is 2. The fourth-order valence-electron chi connectivity index (χ4n) is 3.99. The highest BCUT2D eigenvalue weighted by Crippen LogP contribution is 2.25. The van der Waals surface area contributed by atoms with E-state index in [0.29, 0.717) is 31.2 Å². The van der Waals surface area contributed by atoms with Gasteiger partial charge in [-0.05, 0) is 36.8 Å². The van der Waals surface area contributed by atoms with Crippen LogP contribution >= 0.6 is 0 Å². The summed E-state index contributed by atoms with van der Waals surface area (Å²) in [6, 6.07) is 15.1. The van der Waals surface area contributed by atoms with Crippen molar-refractivity contribution < 1.29 is 14.0 Å². The van der Waals surface area contributed by atoms with E-state index in [1.54, 1.807) is 6.07 Å². The second-order valence-corrected chi connectivity index (χ2v) is 9.74. The number of amides is 2. The second-order valence-electron chi connectivity index (χ2n) is 9.74. The largest absolute Gasteiger partial charge is 0.348 e. The molecule has 2 aromatic carbocycles. The Morgan fingerprint density at radius 2 is 1.80 bits per heavy atom. The van der Waals surface area contributed by atoms with E-state index in [0.717, 1.165) is 5.56 Å². The molecule has 2 amide bonds. The predicted molar refractivity (Wildman–Crippen MR) is 133 cm³/mol. The lowest BCUT2D eigenvalue weighted by molar-refractivity contribution is -0.126. The van der Waals surface area contributed by atoms with Gasteiger partial charge in [0.15, 0.2) is 5.69 Å². The zero-order valence-electron chi connectivity index (χ0n) is 20.6. The van der Waals surface area contributed by atoms with Crippen LogP contribution in [-0.4, -0.2) is 27.6 Å². The van der Waals surface area contributed by atoms with E-state index >= 15 is 0 Å². The Hall–Kier alpha value is -3.73. The van der Waals surface area contributed by atoms with Gasteiger partial charge in [0.05, 0.1) is 12.1 Å². The van der Waals surface area contributed by atoms with Gasteiger partial charge in [0.1, 0.15) is 17.4 Å². The Morgan fingerprint density at radius 1 is 1.09 bits per heavy atom. The fraction of sp³-hybridized carbons (Fsp3) is 0.407. The van der Waals surface area contributed by atoms with Crippen LogP contribution < -0.4 is 10.6 Å². The molecule has 2 atom stereocenters.